The Bertz CT molecular complexity index is 8480. The van der Waals surface area contributed by atoms with Crippen LogP contribution in [0.25, 0.3) is 177 Å². The molecular formula is C141H106BrClN4O2. The highest BCUT2D eigenvalue weighted by atomic mass is 79.9. The molecule has 0 radical (unpaired) electrons. The van der Waals surface area contributed by atoms with Crippen molar-refractivity contribution >= 4 is 116 Å². The minimum absolute atomic E-state index is 0. The van der Waals surface area contributed by atoms with Crippen LogP contribution >= 0.6 is 27.5 Å². The van der Waals surface area contributed by atoms with Crippen LogP contribution in [0.4, 0.5) is 22.7 Å². The van der Waals surface area contributed by atoms with Crippen LogP contribution in [0.15, 0.2) is 596 Å². The Morgan fingerprint density at radius 3 is 0.792 bits per heavy atom. The number of hydrogen-bond acceptors (Lipinski definition) is 6. The number of hydrogen-bond donors (Lipinski definition) is 1. The van der Waals surface area contributed by atoms with Crippen molar-refractivity contribution < 1.29 is 8.83 Å². The van der Waals surface area contributed by atoms with E-state index in [1.54, 1.807) is 0 Å². The molecule has 0 aliphatic carbocycles. The molecule has 0 saturated carbocycles. The van der Waals surface area contributed by atoms with Crippen molar-refractivity contribution in [2.24, 2.45) is 0 Å². The molecule has 26 aromatic rings. The summed E-state index contributed by atoms with van der Waals surface area (Å²) >= 11 is 9.68. The number of rotatable bonds is 17. The largest absolute Gasteiger partial charge is 0.435 e. The summed E-state index contributed by atoms with van der Waals surface area (Å²) in [7, 11) is 0. The fourth-order valence-electron chi connectivity index (χ4n) is 19.0. The van der Waals surface area contributed by atoms with Gasteiger partial charge in [-0.2, -0.15) is 0 Å². The molecule has 0 bridgehead atoms. The van der Waals surface area contributed by atoms with Gasteiger partial charge in [0.15, 0.2) is 11.2 Å². The average molecular weight is 2000 g/mol. The lowest BCUT2D eigenvalue weighted by Gasteiger charge is -2.27. The second-order valence-corrected chi connectivity index (χ2v) is 37.7. The van der Waals surface area contributed by atoms with Crippen molar-refractivity contribution in [1.82, 2.24) is 9.97 Å². The van der Waals surface area contributed by atoms with Gasteiger partial charge in [-0.05, 0) is 266 Å². The lowest BCUT2D eigenvalue weighted by atomic mass is 9.97. The third kappa shape index (κ3) is 24.2. The Kier molecular flexibility index (Phi) is 31.2. The molecule has 2 aromatic heterocycles. The number of benzene rings is 24. The highest BCUT2D eigenvalue weighted by Gasteiger charge is 2.21. The molecule has 0 saturated heterocycles. The Hall–Kier alpha value is -18.4. The van der Waals surface area contributed by atoms with Crippen molar-refractivity contribution in [3.8, 4) is 112 Å². The lowest BCUT2D eigenvalue weighted by molar-refractivity contribution is 0.623. The van der Waals surface area contributed by atoms with E-state index >= 15 is 0 Å². The highest BCUT2D eigenvalue weighted by Crippen LogP contribution is 2.44. The number of fused-ring (bicyclic) bond motifs is 10. The van der Waals surface area contributed by atoms with Gasteiger partial charge in [0, 0.05) is 54.1 Å². The van der Waals surface area contributed by atoms with E-state index in [1.165, 1.54) is 111 Å². The zero-order valence-corrected chi connectivity index (χ0v) is 83.7. The highest BCUT2D eigenvalue weighted by molar-refractivity contribution is 9.10. The van der Waals surface area contributed by atoms with Crippen LogP contribution in [0.2, 0.25) is 5.02 Å². The number of nitrogen functional groups attached to an aromatic ring is 1. The zero-order valence-electron chi connectivity index (χ0n) is 81.3. The van der Waals surface area contributed by atoms with Crippen LogP contribution in [0.3, 0.4) is 0 Å². The number of nitrogens with two attached hydrogens (primary N) is 1. The molecule has 0 atom stereocenters. The van der Waals surface area contributed by atoms with Crippen molar-refractivity contribution in [3.63, 3.8) is 0 Å². The molecule has 26 rings (SSSR count). The standard InChI is InChI=1S/C45H30N2O.2C25H20.C21H12ClNO.C12H9Br.C12H11N.CH4/c1-4-12-31(13-5-1)36-18-10-20-38(28-36)47(39-21-11-19-37(29-39)32-14-6-2-7-15-32)40-26-24-33-22-23-34-25-27-42-44(43(34)41(33)30-40)48-45(46-42)35-16-8-3-9-17-35;2*1-3-11-22(12-4-1)24-15-7-9-20(18-24)17-21-10-8-16-25(19-21)23-13-5-2-6-14-23;22-16-10-8-13-6-7-14-9-11-18-20(19(14)17(13)12-16)24-21(23-18)15-4-2-1-3-5-15;2*13-12-8-4-7-11(9-12)10-5-2-1-3-6-10;/h1-30H;2*1-16,18-19H,17H2;1-12H;1-9H;1-9H,13H2;1H4. The molecule has 149 heavy (non-hydrogen) atoms. The van der Waals surface area contributed by atoms with Crippen LogP contribution < -0.4 is 10.6 Å². The Morgan fingerprint density at radius 2 is 0.463 bits per heavy atom. The van der Waals surface area contributed by atoms with E-state index in [2.05, 4.69) is 469 Å². The number of halogens is 2. The smallest absolute Gasteiger partial charge is 0.227 e. The number of oxazole rings is 2. The number of aromatic nitrogens is 2. The summed E-state index contributed by atoms with van der Waals surface area (Å²) in [5.41, 5.74) is 40.1. The SMILES string of the molecule is Brc1cccc(-c2ccccc2)c1.C.Clc1ccc2ccc3ccc4nc(-c5ccccc5)oc4c3c2c1.Nc1cccc(-c2ccccc2)c1.c1ccc(-c2cccc(Cc3cccc(-c4ccccc4)c3)c2)cc1.c1ccc(-c2cccc(Cc3cccc(-c4ccccc4)c3)c2)cc1.c1ccc(-c2cccc(N(c3cccc(-c4ccccc4)c3)c3ccc4ccc5ccc6nc(-c7ccccc7)oc6c5c4c3)c2)cc1. The molecule has 6 nitrogen and oxygen atoms in total. The summed E-state index contributed by atoms with van der Waals surface area (Å²) in [5, 5.41) is 9.56. The normalized spacial score (nSPS) is 10.8. The molecule has 0 spiro atoms. The van der Waals surface area contributed by atoms with Gasteiger partial charge in [-0.3, -0.25) is 0 Å². The van der Waals surface area contributed by atoms with E-state index < -0.39 is 0 Å². The Labute approximate surface area is 884 Å². The van der Waals surface area contributed by atoms with Gasteiger partial charge in [-0.1, -0.05) is 508 Å². The van der Waals surface area contributed by atoms with Crippen LogP contribution in [-0.2, 0) is 12.8 Å². The molecular weight excluding hydrogens is 1900 g/mol. The average Bonchev–Trinajstić information content (AvgIpc) is 1.66. The monoisotopic (exact) mass is 2000 g/mol. The van der Waals surface area contributed by atoms with Gasteiger partial charge in [0.25, 0.3) is 0 Å². The summed E-state index contributed by atoms with van der Waals surface area (Å²) in [5.74, 6) is 1.26. The van der Waals surface area contributed by atoms with Gasteiger partial charge < -0.3 is 19.5 Å². The van der Waals surface area contributed by atoms with E-state index in [1.807, 2.05) is 140 Å². The molecule has 2 N–H and O–H groups in total. The Morgan fingerprint density at radius 1 is 0.215 bits per heavy atom. The minimum Gasteiger partial charge on any atom is -0.435 e. The van der Waals surface area contributed by atoms with E-state index in [0.717, 1.165) is 122 Å². The van der Waals surface area contributed by atoms with Gasteiger partial charge in [0.1, 0.15) is 11.0 Å². The topological polar surface area (TPSA) is 81.3 Å². The van der Waals surface area contributed by atoms with Crippen molar-refractivity contribution in [1.29, 1.82) is 0 Å². The van der Waals surface area contributed by atoms with Gasteiger partial charge in [0.2, 0.25) is 11.8 Å². The molecule has 0 amide bonds. The van der Waals surface area contributed by atoms with Crippen LogP contribution in [-0.4, -0.2) is 9.97 Å². The maximum absolute atomic E-state index is 6.55. The summed E-state index contributed by atoms with van der Waals surface area (Å²) < 4.78 is 13.8. The van der Waals surface area contributed by atoms with Crippen LogP contribution in [0.1, 0.15) is 29.7 Å². The minimum atomic E-state index is 0. The third-order valence-electron chi connectivity index (χ3n) is 26.3. The number of anilines is 4. The quantitative estimate of drug-likeness (QED) is 0.0723. The first-order chi connectivity index (χ1) is 73.1. The van der Waals surface area contributed by atoms with Crippen molar-refractivity contribution in [2.75, 3.05) is 10.6 Å². The van der Waals surface area contributed by atoms with Gasteiger partial charge in [0.05, 0.1) is 0 Å². The molecule has 716 valence electrons. The summed E-state index contributed by atoms with van der Waals surface area (Å²) in [6.07, 6.45) is 1.89. The summed E-state index contributed by atoms with van der Waals surface area (Å²) in [6.45, 7) is 0. The van der Waals surface area contributed by atoms with Gasteiger partial charge in [-0.15, -0.1) is 0 Å². The molecule has 2 heterocycles. The van der Waals surface area contributed by atoms with Crippen LogP contribution in [0, 0.1) is 0 Å². The zero-order chi connectivity index (χ0) is 100.0. The number of nitrogens with zero attached hydrogens (tertiary/aromatic N) is 3. The van der Waals surface area contributed by atoms with E-state index in [9.17, 15) is 0 Å². The fourth-order valence-corrected chi connectivity index (χ4v) is 19.6. The summed E-state index contributed by atoms with van der Waals surface area (Å²) in [4.78, 5) is 11.9. The predicted octanol–water partition coefficient (Wildman–Crippen LogP) is 40.0. The molecule has 0 aliphatic heterocycles. The van der Waals surface area contributed by atoms with E-state index in [-0.39, 0.29) is 7.43 Å². The molecule has 0 aliphatic rings. The van der Waals surface area contributed by atoms with E-state index in [4.69, 9.17) is 31.2 Å². The van der Waals surface area contributed by atoms with Crippen molar-refractivity contribution in [2.45, 2.75) is 20.3 Å². The lowest BCUT2D eigenvalue weighted by Crippen LogP contribution is -2.10. The fraction of sp³-hybridized carbons (Fsp3) is 0.0213. The third-order valence-corrected chi connectivity index (χ3v) is 27.0. The van der Waals surface area contributed by atoms with Gasteiger partial charge in [-0.25, -0.2) is 9.97 Å². The first-order valence-corrected chi connectivity index (χ1v) is 50.9. The maximum Gasteiger partial charge on any atom is 0.227 e. The predicted molar refractivity (Wildman–Crippen MR) is 635 cm³/mol. The first-order valence-electron chi connectivity index (χ1n) is 49.8. The molecule has 8 heteroatoms. The first kappa shape index (κ1) is 98.0. The van der Waals surface area contributed by atoms with Crippen molar-refractivity contribution in [3.05, 3.63) is 614 Å². The second kappa shape index (κ2) is 47.4. The second-order valence-electron chi connectivity index (χ2n) is 36.4. The molecule has 0 unspecified atom stereocenters. The Balaban J connectivity index is 0.000000115. The maximum atomic E-state index is 6.55. The van der Waals surface area contributed by atoms with Gasteiger partial charge >= 0.3 is 0 Å². The van der Waals surface area contributed by atoms with Crippen LogP contribution in [0.5, 0.6) is 0 Å². The molecule has 0 fully saturated rings. The molecule has 24 aromatic carbocycles. The van der Waals surface area contributed by atoms with E-state index in [0.29, 0.717) is 11.8 Å². The summed E-state index contributed by atoms with van der Waals surface area (Å²) in [6, 6.07) is 203.